The highest BCUT2D eigenvalue weighted by molar-refractivity contribution is 8.01. The molecule has 5 nitrogen and oxygen atoms in total. The Morgan fingerprint density at radius 1 is 1.12 bits per heavy atom. The van der Waals surface area contributed by atoms with Crippen LogP contribution in [0.5, 0.6) is 5.75 Å². The molecule has 0 bridgehead atoms. The average molecular weight is 387 g/mol. The second kappa shape index (κ2) is 8.82. The summed E-state index contributed by atoms with van der Waals surface area (Å²) in [4.78, 5) is 28.3. The van der Waals surface area contributed by atoms with E-state index in [1.54, 1.807) is 42.7 Å². The van der Waals surface area contributed by atoms with Crippen LogP contribution >= 0.6 is 23.1 Å². The quantitative estimate of drug-likeness (QED) is 0.328. The Bertz CT molecular complexity index is 872. The number of benzene rings is 2. The number of Topliss-reactive ketones (excluding diaryl/α,β-unsaturated/α-hetero) is 1. The summed E-state index contributed by atoms with van der Waals surface area (Å²) in [6.07, 6.45) is 0.233. The molecule has 0 amide bonds. The van der Waals surface area contributed by atoms with Gasteiger partial charge in [-0.2, -0.15) is 0 Å². The fourth-order valence-corrected chi connectivity index (χ4v) is 4.27. The van der Waals surface area contributed by atoms with E-state index in [1.165, 1.54) is 11.8 Å². The van der Waals surface area contributed by atoms with Crippen molar-refractivity contribution in [2.24, 2.45) is 0 Å². The van der Waals surface area contributed by atoms with Gasteiger partial charge in [-0.1, -0.05) is 23.9 Å². The largest absolute Gasteiger partial charge is 0.497 e. The first-order valence-electron chi connectivity index (χ1n) is 7.97. The summed E-state index contributed by atoms with van der Waals surface area (Å²) in [6.45, 7) is -0.253. The Labute approximate surface area is 159 Å². The number of para-hydroxylation sites is 1. The number of carbonyl (C=O) groups excluding carboxylic acids is 2. The molecule has 0 spiro atoms. The molecule has 0 aliphatic heterocycles. The van der Waals surface area contributed by atoms with Gasteiger partial charge >= 0.3 is 5.97 Å². The summed E-state index contributed by atoms with van der Waals surface area (Å²) in [7, 11) is 1.56. The lowest BCUT2D eigenvalue weighted by molar-refractivity contribution is -0.141. The average Bonchev–Trinajstić information content (AvgIpc) is 3.09. The van der Waals surface area contributed by atoms with E-state index < -0.39 is 0 Å². The number of hydrogen-bond donors (Lipinski definition) is 0. The van der Waals surface area contributed by atoms with Crippen molar-refractivity contribution in [2.45, 2.75) is 10.8 Å². The van der Waals surface area contributed by atoms with Gasteiger partial charge in [0.1, 0.15) is 5.75 Å². The Morgan fingerprint density at radius 3 is 2.62 bits per heavy atom. The smallest absolute Gasteiger partial charge is 0.307 e. The van der Waals surface area contributed by atoms with E-state index in [4.69, 9.17) is 9.47 Å². The number of methoxy groups -OCH3 is 1. The first-order valence-corrected chi connectivity index (χ1v) is 9.77. The van der Waals surface area contributed by atoms with Gasteiger partial charge in [0.15, 0.2) is 16.7 Å². The minimum absolute atomic E-state index is 0.233. The number of nitrogens with zero attached hydrogens (tertiary/aromatic N) is 1. The van der Waals surface area contributed by atoms with E-state index >= 15 is 0 Å². The molecule has 2 aromatic carbocycles. The molecular formula is C19H17NO4S2. The zero-order chi connectivity index (χ0) is 18.4. The molecule has 0 atom stereocenters. The number of aromatic nitrogens is 1. The van der Waals surface area contributed by atoms with Gasteiger partial charge in [0.2, 0.25) is 0 Å². The highest BCUT2D eigenvalue weighted by Gasteiger charge is 2.11. The maximum atomic E-state index is 12.0. The second-order valence-corrected chi connectivity index (χ2v) is 7.73. The lowest BCUT2D eigenvalue weighted by atomic mass is 10.1. The van der Waals surface area contributed by atoms with Crippen LogP contribution in [0.3, 0.4) is 0 Å². The first kappa shape index (κ1) is 18.4. The van der Waals surface area contributed by atoms with Crippen molar-refractivity contribution < 1.29 is 19.1 Å². The van der Waals surface area contributed by atoms with Crippen molar-refractivity contribution in [1.29, 1.82) is 0 Å². The lowest BCUT2D eigenvalue weighted by Gasteiger charge is -2.05. The predicted molar refractivity (Wildman–Crippen MR) is 103 cm³/mol. The number of carbonyl (C=O) groups is 2. The van der Waals surface area contributed by atoms with E-state index in [0.717, 1.165) is 14.6 Å². The van der Waals surface area contributed by atoms with E-state index in [1.807, 2.05) is 24.3 Å². The molecule has 0 aliphatic rings. The Balaban J connectivity index is 1.41. The van der Waals surface area contributed by atoms with Crippen LogP contribution < -0.4 is 4.74 Å². The van der Waals surface area contributed by atoms with E-state index in [2.05, 4.69) is 4.98 Å². The van der Waals surface area contributed by atoms with Gasteiger partial charge in [0.25, 0.3) is 0 Å². The summed E-state index contributed by atoms with van der Waals surface area (Å²) in [5, 5.41) is 0. The molecule has 3 rings (SSSR count). The molecule has 3 aromatic rings. The highest BCUT2D eigenvalue weighted by Crippen LogP contribution is 2.29. The van der Waals surface area contributed by atoms with Gasteiger partial charge in [0, 0.05) is 11.3 Å². The van der Waals surface area contributed by atoms with Gasteiger partial charge in [-0.25, -0.2) is 4.98 Å². The Kier molecular flexibility index (Phi) is 6.25. The zero-order valence-corrected chi connectivity index (χ0v) is 15.8. The maximum Gasteiger partial charge on any atom is 0.307 e. The number of ketones is 1. The monoisotopic (exact) mass is 387 g/mol. The van der Waals surface area contributed by atoms with Crippen LogP contribution in [0, 0.1) is 0 Å². The van der Waals surface area contributed by atoms with Crippen molar-refractivity contribution in [1.82, 2.24) is 4.98 Å². The summed E-state index contributed by atoms with van der Waals surface area (Å²) in [5.41, 5.74) is 1.45. The van der Waals surface area contributed by atoms with Crippen molar-refractivity contribution in [3.05, 3.63) is 54.1 Å². The molecule has 0 aliphatic carbocycles. The third-order valence-electron chi connectivity index (χ3n) is 3.58. The van der Waals surface area contributed by atoms with E-state index in [0.29, 0.717) is 17.1 Å². The fraction of sp³-hybridized carbons (Fsp3) is 0.211. The van der Waals surface area contributed by atoms with Crippen LogP contribution in [0.2, 0.25) is 0 Å². The number of esters is 1. The summed E-state index contributed by atoms with van der Waals surface area (Å²) < 4.78 is 12.2. The maximum absolute atomic E-state index is 12.0. The highest BCUT2D eigenvalue weighted by atomic mass is 32.2. The lowest BCUT2D eigenvalue weighted by Crippen LogP contribution is -2.14. The van der Waals surface area contributed by atoms with E-state index in [-0.39, 0.29) is 24.8 Å². The molecule has 26 heavy (non-hydrogen) atoms. The predicted octanol–water partition coefficient (Wildman–Crippen LogP) is 4.21. The molecule has 0 unspecified atom stereocenters. The third-order valence-corrected chi connectivity index (χ3v) is 5.76. The molecule has 0 saturated carbocycles. The summed E-state index contributed by atoms with van der Waals surface area (Å²) in [6, 6.07) is 14.6. The van der Waals surface area contributed by atoms with Gasteiger partial charge in [-0.15, -0.1) is 11.3 Å². The number of rotatable bonds is 8. The van der Waals surface area contributed by atoms with Crippen molar-refractivity contribution in [2.75, 3.05) is 19.5 Å². The standard InChI is InChI=1S/C19H17NO4S2/c1-23-14-8-6-13(7-9-14)16(21)12-24-18(22)10-11-25-19-20-15-4-2-3-5-17(15)26-19/h2-9H,10-12H2,1H3. The SMILES string of the molecule is COc1ccc(C(=O)COC(=O)CCSc2nc3ccccc3s2)cc1. The molecule has 7 heteroatoms. The van der Waals surface area contributed by atoms with Gasteiger partial charge in [-0.05, 0) is 36.4 Å². The molecule has 0 saturated heterocycles. The summed E-state index contributed by atoms with van der Waals surface area (Å²) >= 11 is 3.12. The van der Waals surface area contributed by atoms with Crippen molar-refractivity contribution in [3.63, 3.8) is 0 Å². The number of thiazole rings is 1. The fourth-order valence-electron chi connectivity index (χ4n) is 2.21. The molecule has 0 N–H and O–H groups in total. The molecular weight excluding hydrogens is 370 g/mol. The van der Waals surface area contributed by atoms with Crippen LogP contribution in [0.25, 0.3) is 10.2 Å². The first-order chi connectivity index (χ1) is 12.7. The topological polar surface area (TPSA) is 65.5 Å². The molecule has 1 heterocycles. The van der Waals surface area contributed by atoms with Crippen LogP contribution in [0.1, 0.15) is 16.8 Å². The second-order valence-electron chi connectivity index (χ2n) is 5.36. The molecule has 1 aromatic heterocycles. The van der Waals surface area contributed by atoms with Gasteiger partial charge < -0.3 is 9.47 Å². The zero-order valence-electron chi connectivity index (χ0n) is 14.1. The molecule has 0 radical (unpaired) electrons. The minimum Gasteiger partial charge on any atom is -0.497 e. The Hall–Kier alpha value is -2.38. The number of fused-ring (bicyclic) bond motifs is 1. The minimum atomic E-state index is -0.388. The van der Waals surface area contributed by atoms with Crippen LogP contribution in [-0.2, 0) is 9.53 Å². The number of hydrogen-bond acceptors (Lipinski definition) is 7. The van der Waals surface area contributed by atoms with Gasteiger partial charge in [-0.3, -0.25) is 9.59 Å². The van der Waals surface area contributed by atoms with Crippen LogP contribution in [0.15, 0.2) is 52.9 Å². The van der Waals surface area contributed by atoms with Crippen LogP contribution in [-0.4, -0.2) is 36.2 Å². The number of thioether (sulfide) groups is 1. The van der Waals surface area contributed by atoms with Gasteiger partial charge in [0.05, 0.1) is 23.7 Å². The van der Waals surface area contributed by atoms with Crippen molar-refractivity contribution >= 4 is 45.1 Å². The van der Waals surface area contributed by atoms with Crippen molar-refractivity contribution in [3.8, 4) is 5.75 Å². The number of ether oxygens (including phenoxy) is 2. The Morgan fingerprint density at radius 2 is 1.88 bits per heavy atom. The summed E-state index contributed by atoms with van der Waals surface area (Å²) in [5.74, 6) is 0.612. The third kappa shape index (κ3) is 4.83. The molecule has 134 valence electrons. The van der Waals surface area contributed by atoms with E-state index in [9.17, 15) is 9.59 Å². The normalized spacial score (nSPS) is 10.7. The molecule has 0 fully saturated rings. The van der Waals surface area contributed by atoms with Crippen LogP contribution in [0.4, 0.5) is 0 Å².